The first-order valence-corrected chi connectivity index (χ1v) is 7.72. The number of nitrogen functional groups attached to an aromatic ring is 1. The number of rotatable bonds is 4. The molecule has 0 aliphatic carbocycles. The molecule has 0 spiro atoms. The summed E-state index contributed by atoms with van der Waals surface area (Å²) >= 11 is 0. The van der Waals surface area contributed by atoms with Crippen LogP contribution in [0, 0.1) is 12.8 Å². The van der Waals surface area contributed by atoms with E-state index >= 15 is 0 Å². The van der Waals surface area contributed by atoms with Crippen molar-refractivity contribution in [1.29, 1.82) is 0 Å². The normalized spacial score (nSPS) is 21.1. The number of anilines is 1. The summed E-state index contributed by atoms with van der Waals surface area (Å²) in [5.41, 5.74) is 6.26. The van der Waals surface area contributed by atoms with Gasteiger partial charge in [0.2, 0.25) is 10.0 Å². The number of aromatic nitrogens is 2. The minimum atomic E-state index is -3.59. The Labute approximate surface area is 113 Å². The third kappa shape index (κ3) is 2.47. The second kappa shape index (κ2) is 5.10. The van der Waals surface area contributed by atoms with Crippen molar-refractivity contribution in [2.24, 2.45) is 13.0 Å². The number of hydrogen-bond donors (Lipinski definition) is 2. The molecule has 7 nitrogen and oxygen atoms in total. The molecule has 108 valence electrons. The average Bonchev–Trinajstić information content (AvgIpc) is 2.87. The Morgan fingerprint density at radius 1 is 1.53 bits per heavy atom. The minimum absolute atomic E-state index is 0.0469. The molecule has 1 aromatic heterocycles. The maximum Gasteiger partial charge on any atom is 0.248 e. The van der Waals surface area contributed by atoms with Crippen molar-refractivity contribution >= 4 is 15.8 Å². The van der Waals surface area contributed by atoms with Gasteiger partial charge < -0.3 is 10.8 Å². The van der Waals surface area contributed by atoms with Gasteiger partial charge in [-0.1, -0.05) is 0 Å². The Morgan fingerprint density at radius 2 is 2.21 bits per heavy atom. The van der Waals surface area contributed by atoms with Gasteiger partial charge in [0.15, 0.2) is 5.82 Å². The smallest absolute Gasteiger partial charge is 0.248 e. The van der Waals surface area contributed by atoms with Crippen LogP contribution in [0.1, 0.15) is 18.5 Å². The van der Waals surface area contributed by atoms with Crippen molar-refractivity contribution in [3.05, 3.63) is 5.69 Å². The van der Waals surface area contributed by atoms with Gasteiger partial charge in [-0.2, -0.15) is 9.40 Å². The van der Waals surface area contributed by atoms with Gasteiger partial charge >= 0.3 is 0 Å². The Morgan fingerprint density at radius 3 is 2.74 bits per heavy atom. The standard InChI is InChI=1S/C11H20N4O3S/c1-8-10(11(12)13-14(8)2)19(17,18)15-5-3-9(7-15)4-6-16/h9,16H,3-7H2,1-2H3,(H2,12,13). The first-order chi connectivity index (χ1) is 8.87. The summed E-state index contributed by atoms with van der Waals surface area (Å²) in [6.45, 7) is 2.70. The van der Waals surface area contributed by atoms with Gasteiger partial charge in [-0.05, 0) is 25.7 Å². The molecule has 0 bridgehead atoms. The Balaban J connectivity index is 2.29. The number of hydrogen-bond acceptors (Lipinski definition) is 5. The lowest BCUT2D eigenvalue weighted by atomic mass is 10.1. The van der Waals surface area contributed by atoms with Crippen molar-refractivity contribution in [1.82, 2.24) is 14.1 Å². The van der Waals surface area contributed by atoms with Crippen molar-refractivity contribution in [3.8, 4) is 0 Å². The van der Waals surface area contributed by atoms with Crippen LogP contribution < -0.4 is 5.73 Å². The van der Waals surface area contributed by atoms with E-state index in [4.69, 9.17) is 10.8 Å². The van der Waals surface area contributed by atoms with Crippen molar-refractivity contribution < 1.29 is 13.5 Å². The molecular formula is C11H20N4O3S. The zero-order valence-corrected chi connectivity index (χ0v) is 12.0. The van der Waals surface area contributed by atoms with Crippen LogP contribution in [0.5, 0.6) is 0 Å². The molecule has 8 heteroatoms. The third-order valence-corrected chi connectivity index (χ3v) is 5.72. The lowest BCUT2D eigenvalue weighted by Crippen LogP contribution is -2.30. The van der Waals surface area contributed by atoms with Gasteiger partial charge in [-0.15, -0.1) is 0 Å². The van der Waals surface area contributed by atoms with Crippen molar-refractivity contribution in [2.75, 3.05) is 25.4 Å². The predicted octanol–water partition coefficient (Wildman–Crippen LogP) is -0.296. The quantitative estimate of drug-likeness (QED) is 0.792. The van der Waals surface area contributed by atoms with Gasteiger partial charge in [-0.3, -0.25) is 4.68 Å². The Bertz CT molecular complexity index is 567. The average molecular weight is 288 g/mol. The van der Waals surface area contributed by atoms with Crippen LogP contribution in [0.2, 0.25) is 0 Å². The molecule has 0 saturated carbocycles. The monoisotopic (exact) mass is 288 g/mol. The highest BCUT2D eigenvalue weighted by atomic mass is 32.2. The fourth-order valence-corrected chi connectivity index (χ4v) is 4.32. The first kappa shape index (κ1) is 14.3. The van der Waals surface area contributed by atoms with E-state index in [1.54, 1.807) is 14.0 Å². The number of aryl methyl sites for hydroxylation is 1. The Hall–Kier alpha value is -1.12. The van der Waals surface area contributed by atoms with Crippen LogP contribution in [0.3, 0.4) is 0 Å². The molecule has 19 heavy (non-hydrogen) atoms. The van der Waals surface area contributed by atoms with E-state index in [0.29, 0.717) is 25.2 Å². The summed E-state index contributed by atoms with van der Waals surface area (Å²) in [5.74, 6) is 0.267. The molecule has 0 amide bonds. The Kier molecular flexibility index (Phi) is 3.84. The molecule has 2 heterocycles. The lowest BCUT2D eigenvalue weighted by Gasteiger charge is -2.16. The van der Waals surface area contributed by atoms with Crippen molar-refractivity contribution in [2.45, 2.75) is 24.7 Å². The summed E-state index contributed by atoms with van der Waals surface area (Å²) in [5, 5.41) is 12.9. The van der Waals surface area contributed by atoms with Crippen LogP contribution in [0.4, 0.5) is 5.82 Å². The van der Waals surface area contributed by atoms with E-state index in [9.17, 15) is 8.42 Å². The fourth-order valence-electron chi connectivity index (χ4n) is 2.50. The van der Waals surface area contributed by atoms with E-state index in [-0.39, 0.29) is 23.2 Å². The summed E-state index contributed by atoms with van der Waals surface area (Å²) in [4.78, 5) is 0.111. The molecule has 1 saturated heterocycles. The van der Waals surface area contributed by atoms with Gasteiger partial charge in [0.05, 0.1) is 5.69 Å². The number of aliphatic hydroxyl groups excluding tert-OH is 1. The van der Waals surface area contributed by atoms with E-state index in [0.717, 1.165) is 6.42 Å². The molecule has 1 unspecified atom stereocenters. The first-order valence-electron chi connectivity index (χ1n) is 6.28. The van der Waals surface area contributed by atoms with Gasteiger partial charge in [0.1, 0.15) is 4.90 Å². The molecule has 1 fully saturated rings. The fraction of sp³-hybridized carbons (Fsp3) is 0.727. The summed E-state index contributed by atoms with van der Waals surface area (Å²) in [7, 11) is -1.92. The van der Waals surface area contributed by atoms with E-state index < -0.39 is 10.0 Å². The van der Waals surface area contributed by atoms with Gasteiger partial charge in [0.25, 0.3) is 0 Å². The predicted molar refractivity (Wildman–Crippen MR) is 70.9 cm³/mol. The molecule has 1 aromatic rings. The minimum Gasteiger partial charge on any atom is -0.396 e. The maximum absolute atomic E-state index is 12.6. The van der Waals surface area contributed by atoms with Gasteiger partial charge in [-0.25, -0.2) is 8.42 Å². The molecule has 2 rings (SSSR count). The van der Waals surface area contributed by atoms with Crippen LogP contribution in [-0.2, 0) is 17.1 Å². The second-order valence-electron chi connectivity index (χ2n) is 4.95. The molecular weight excluding hydrogens is 268 g/mol. The number of aliphatic hydroxyl groups is 1. The molecule has 1 atom stereocenters. The summed E-state index contributed by atoms with van der Waals surface area (Å²) < 4.78 is 28.1. The zero-order valence-electron chi connectivity index (χ0n) is 11.2. The molecule has 0 aromatic carbocycles. The zero-order chi connectivity index (χ0) is 14.2. The summed E-state index contributed by atoms with van der Waals surface area (Å²) in [6.07, 6.45) is 1.41. The third-order valence-electron chi connectivity index (χ3n) is 3.69. The van der Waals surface area contributed by atoms with E-state index in [2.05, 4.69) is 5.10 Å². The van der Waals surface area contributed by atoms with E-state index in [1.165, 1.54) is 8.99 Å². The molecule has 1 aliphatic heterocycles. The molecule has 0 radical (unpaired) electrons. The van der Waals surface area contributed by atoms with E-state index in [1.807, 2.05) is 0 Å². The number of sulfonamides is 1. The van der Waals surface area contributed by atoms with Gasteiger partial charge in [0, 0.05) is 26.7 Å². The highest BCUT2D eigenvalue weighted by Crippen LogP contribution is 2.30. The van der Waals surface area contributed by atoms with Crippen LogP contribution >= 0.6 is 0 Å². The maximum atomic E-state index is 12.6. The number of nitrogens with zero attached hydrogens (tertiary/aromatic N) is 3. The number of nitrogens with two attached hydrogens (primary N) is 1. The lowest BCUT2D eigenvalue weighted by molar-refractivity contribution is 0.259. The molecule has 1 aliphatic rings. The molecule has 3 N–H and O–H groups in total. The summed E-state index contributed by atoms with van der Waals surface area (Å²) in [6, 6.07) is 0. The SMILES string of the molecule is Cc1c(S(=O)(=O)N2CCC(CCO)C2)c(N)nn1C. The topological polar surface area (TPSA) is 101 Å². The highest BCUT2D eigenvalue weighted by Gasteiger charge is 2.35. The van der Waals surface area contributed by atoms with Crippen molar-refractivity contribution in [3.63, 3.8) is 0 Å². The highest BCUT2D eigenvalue weighted by molar-refractivity contribution is 7.89. The largest absolute Gasteiger partial charge is 0.396 e. The van der Waals surface area contributed by atoms with Crippen LogP contribution in [0.25, 0.3) is 0 Å². The van der Waals surface area contributed by atoms with Crippen LogP contribution in [0.15, 0.2) is 4.90 Å². The van der Waals surface area contributed by atoms with Crippen LogP contribution in [-0.4, -0.2) is 47.3 Å². The second-order valence-corrected chi connectivity index (χ2v) is 6.83.